The van der Waals surface area contributed by atoms with Gasteiger partial charge in [-0.2, -0.15) is 0 Å². The fourth-order valence-corrected chi connectivity index (χ4v) is 2.46. The van der Waals surface area contributed by atoms with Crippen LogP contribution in [0.4, 0.5) is 0 Å². The molecule has 0 saturated heterocycles. The van der Waals surface area contributed by atoms with E-state index in [-0.39, 0.29) is 0 Å². The average Bonchev–Trinajstić information content (AvgIpc) is 2.49. The lowest BCUT2D eigenvalue weighted by atomic mass is 9.90. The molecule has 0 amide bonds. The third-order valence-electron chi connectivity index (χ3n) is 3.22. The molecule has 0 aromatic carbocycles. The van der Waals surface area contributed by atoms with Gasteiger partial charge in [-0.3, -0.25) is 0 Å². The van der Waals surface area contributed by atoms with Gasteiger partial charge in [0, 0.05) is 0 Å². The van der Waals surface area contributed by atoms with E-state index in [0.717, 1.165) is 11.8 Å². The Balaban J connectivity index is 2.26. The molecule has 0 spiro atoms. The fraction of sp³-hybridized carbons (Fsp3) is 0.833. The van der Waals surface area contributed by atoms with Crippen LogP contribution >= 0.6 is 0 Å². The summed E-state index contributed by atoms with van der Waals surface area (Å²) in [5, 5.41) is 3.30. The first-order valence-electron chi connectivity index (χ1n) is 5.53. The number of nitrogens with one attached hydrogen (secondary N) is 1. The van der Waals surface area contributed by atoms with Crippen molar-refractivity contribution < 1.29 is 0 Å². The van der Waals surface area contributed by atoms with Crippen molar-refractivity contribution in [3.63, 3.8) is 0 Å². The molecule has 0 aromatic rings. The second kappa shape index (κ2) is 5.43. The Morgan fingerprint density at radius 3 is 2.69 bits per heavy atom. The third-order valence-corrected chi connectivity index (χ3v) is 3.22. The van der Waals surface area contributed by atoms with E-state index in [1.807, 2.05) is 0 Å². The molecular weight excluding hydrogens is 158 g/mol. The van der Waals surface area contributed by atoms with E-state index in [1.165, 1.54) is 44.2 Å². The fourth-order valence-electron chi connectivity index (χ4n) is 2.46. The summed E-state index contributed by atoms with van der Waals surface area (Å²) in [4.78, 5) is 0. The Morgan fingerprint density at radius 2 is 2.08 bits per heavy atom. The van der Waals surface area contributed by atoms with Gasteiger partial charge in [0.25, 0.3) is 0 Å². The summed E-state index contributed by atoms with van der Waals surface area (Å²) in [6, 6.07) is 0. The normalized spacial score (nSPS) is 27.8. The molecule has 0 aliphatic heterocycles. The summed E-state index contributed by atoms with van der Waals surface area (Å²) in [6.07, 6.45) is 6.90. The summed E-state index contributed by atoms with van der Waals surface area (Å²) in [6.45, 7) is 7.32. The number of hydrogen-bond acceptors (Lipinski definition) is 1. The van der Waals surface area contributed by atoms with Crippen LogP contribution in [0.5, 0.6) is 0 Å². The van der Waals surface area contributed by atoms with Crippen molar-refractivity contribution in [2.45, 2.75) is 39.0 Å². The van der Waals surface area contributed by atoms with E-state index >= 15 is 0 Å². The largest absolute Gasteiger partial charge is 0.319 e. The van der Waals surface area contributed by atoms with Crippen LogP contribution in [0.2, 0.25) is 0 Å². The maximum atomic E-state index is 3.97. The molecule has 0 radical (unpaired) electrons. The van der Waals surface area contributed by atoms with E-state index in [4.69, 9.17) is 0 Å². The quantitative estimate of drug-likeness (QED) is 0.643. The summed E-state index contributed by atoms with van der Waals surface area (Å²) in [5.41, 5.74) is 1.34. The molecule has 1 heteroatoms. The lowest BCUT2D eigenvalue weighted by Crippen LogP contribution is -2.21. The Kier molecular flexibility index (Phi) is 4.51. The van der Waals surface area contributed by atoms with Gasteiger partial charge in [-0.1, -0.05) is 18.4 Å². The number of hydrogen-bond donors (Lipinski definition) is 1. The van der Waals surface area contributed by atoms with Crippen LogP contribution < -0.4 is 5.32 Å². The van der Waals surface area contributed by atoms with Gasteiger partial charge >= 0.3 is 0 Å². The van der Waals surface area contributed by atoms with Gasteiger partial charge in [-0.05, 0) is 51.6 Å². The second-order valence-electron chi connectivity index (χ2n) is 4.50. The van der Waals surface area contributed by atoms with Crippen molar-refractivity contribution in [1.29, 1.82) is 0 Å². The monoisotopic (exact) mass is 181 g/mol. The van der Waals surface area contributed by atoms with E-state index in [1.54, 1.807) is 0 Å². The van der Waals surface area contributed by atoms with Gasteiger partial charge in [0.15, 0.2) is 0 Å². The average molecular weight is 181 g/mol. The van der Waals surface area contributed by atoms with Crippen LogP contribution in [-0.4, -0.2) is 13.6 Å². The summed E-state index contributed by atoms with van der Waals surface area (Å²) in [7, 11) is 2.06. The predicted molar refractivity (Wildman–Crippen MR) is 58.8 cm³/mol. The molecule has 2 unspecified atom stereocenters. The van der Waals surface area contributed by atoms with Crippen LogP contribution in [-0.2, 0) is 0 Å². The first-order valence-corrected chi connectivity index (χ1v) is 5.53. The van der Waals surface area contributed by atoms with Crippen molar-refractivity contribution in [3.8, 4) is 0 Å². The van der Waals surface area contributed by atoms with Crippen LogP contribution in [0, 0.1) is 11.8 Å². The summed E-state index contributed by atoms with van der Waals surface area (Å²) >= 11 is 0. The first-order chi connectivity index (χ1) is 6.24. The first kappa shape index (κ1) is 10.8. The van der Waals surface area contributed by atoms with Gasteiger partial charge in [0.05, 0.1) is 0 Å². The highest BCUT2D eigenvalue weighted by Crippen LogP contribution is 2.34. The minimum absolute atomic E-state index is 0.935. The molecule has 2 atom stereocenters. The molecule has 1 aliphatic carbocycles. The van der Waals surface area contributed by atoms with Crippen molar-refractivity contribution >= 4 is 0 Å². The van der Waals surface area contributed by atoms with Crippen molar-refractivity contribution in [3.05, 3.63) is 12.2 Å². The highest BCUT2D eigenvalue weighted by atomic mass is 14.8. The van der Waals surface area contributed by atoms with Gasteiger partial charge < -0.3 is 5.32 Å². The van der Waals surface area contributed by atoms with Gasteiger partial charge in [-0.15, -0.1) is 6.58 Å². The van der Waals surface area contributed by atoms with Gasteiger partial charge in [0.2, 0.25) is 0 Å². The summed E-state index contributed by atoms with van der Waals surface area (Å²) in [5.74, 6) is 1.90. The zero-order valence-corrected chi connectivity index (χ0v) is 9.10. The minimum atomic E-state index is 0.935. The highest BCUT2D eigenvalue weighted by Gasteiger charge is 2.25. The molecule has 1 rings (SSSR count). The Labute approximate surface area is 82.6 Å². The van der Waals surface area contributed by atoms with Crippen LogP contribution in [0.1, 0.15) is 39.0 Å². The Hall–Kier alpha value is -0.300. The molecule has 1 fully saturated rings. The van der Waals surface area contributed by atoms with Crippen LogP contribution in [0.25, 0.3) is 0 Å². The Morgan fingerprint density at radius 1 is 1.38 bits per heavy atom. The van der Waals surface area contributed by atoms with E-state index < -0.39 is 0 Å². The molecule has 76 valence electrons. The van der Waals surface area contributed by atoms with E-state index in [9.17, 15) is 0 Å². The second-order valence-corrected chi connectivity index (χ2v) is 4.50. The van der Waals surface area contributed by atoms with E-state index in [0.29, 0.717) is 0 Å². The van der Waals surface area contributed by atoms with Gasteiger partial charge in [0.1, 0.15) is 0 Å². The van der Waals surface area contributed by atoms with Crippen molar-refractivity contribution in [2.24, 2.45) is 11.8 Å². The molecule has 1 aliphatic rings. The maximum absolute atomic E-state index is 3.97. The van der Waals surface area contributed by atoms with Crippen molar-refractivity contribution in [2.75, 3.05) is 13.6 Å². The lowest BCUT2D eigenvalue weighted by Gasteiger charge is -2.18. The predicted octanol–water partition coefficient (Wildman–Crippen LogP) is 2.98. The van der Waals surface area contributed by atoms with Gasteiger partial charge in [-0.25, -0.2) is 0 Å². The minimum Gasteiger partial charge on any atom is -0.319 e. The number of rotatable bonds is 5. The highest BCUT2D eigenvalue weighted by molar-refractivity contribution is 4.90. The van der Waals surface area contributed by atoms with E-state index in [2.05, 4.69) is 25.9 Å². The van der Waals surface area contributed by atoms with Crippen LogP contribution in [0.15, 0.2) is 12.2 Å². The SMILES string of the molecule is C=C(C)CCC1CCCC1CNC. The zero-order valence-electron chi connectivity index (χ0n) is 9.10. The van der Waals surface area contributed by atoms with Crippen molar-refractivity contribution in [1.82, 2.24) is 5.32 Å². The standard InChI is InChI=1S/C12H23N/c1-10(2)7-8-11-5-4-6-12(11)9-13-3/h11-13H,1,4-9H2,2-3H3. The molecule has 1 N–H and O–H groups in total. The number of allylic oxidation sites excluding steroid dienone is 1. The smallest absolute Gasteiger partial charge is 0.00209 e. The topological polar surface area (TPSA) is 12.0 Å². The molecule has 13 heavy (non-hydrogen) atoms. The molecule has 0 bridgehead atoms. The molecule has 0 aromatic heterocycles. The molecular formula is C12H23N. The molecule has 0 heterocycles. The third kappa shape index (κ3) is 3.51. The Bertz CT molecular complexity index is 163. The zero-order chi connectivity index (χ0) is 9.68. The maximum Gasteiger partial charge on any atom is -0.00209 e. The van der Waals surface area contributed by atoms with Crippen LogP contribution in [0.3, 0.4) is 0 Å². The molecule has 1 nitrogen and oxygen atoms in total. The molecule has 1 saturated carbocycles. The lowest BCUT2D eigenvalue weighted by molar-refractivity contribution is 0.355. The summed E-state index contributed by atoms with van der Waals surface area (Å²) < 4.78 is 0.